The lowest BCUT2D eigenvalue weighted by Crippen LogP contribution is -2.25. The molecule has 0 bridgehead atoms. The molecule has 0 N–H and O–H groups in total. The lowest BCUT2D eigenvalue weighted by atomic mass is 10.2. The Morgan fingerprint density at radius 1 is 1.18 bits per heavy atom. The molecule has 1 heterocycles. The molecule has 2 rings (SSSR count). The van der Waals surface area contributed by atoms with Crippen LogP contribution in [-0.4, -0.2) is 25.3 Å². The third-order valence-corrected chi connectivity index (χ3v) is 3.89. The zero-order valence-electron chi connectivity index (χ0n) is 9.73. The SMILES string of the molecule is Clc1ccc(CSCCC2OCCCO2)cc1. The number of benzene rings is 1. The first kappa shape index (κ1) is 13.2. The van der Waals surface area contributed by atoms with Crippen LogP contribution >= 0.6 is 23.4 Å². The molecule has 2 nitrogen and oxygen atoms in total. The molecule has 94 valence electrons. The standard InChI is InChI=1S/C13H17ClO2S/c14-12-4-2-11(3-5-12)10-17-9-6-13-15-7-1-8-16-13/h2-5,13H,1,6-10H2. The molecule has 0 radical (unpaired) electrons. The third kappa shape index (κ3) is 4.88. The van der Waals surface area contributed by atoms with Crippen molar-refractivity contribution in [3.8, 4) is 0 Å². The van der Waals surface area contributed by atoms with Crippen molar-refractivity contribution in [3.05, 3.63) is 34.9 Å². The fraction of sp³-hybridized carbons (Fsp3) is 0.538. The number of halogens is 1. The van der Waals surface area contributed by atoms with Gasteiger partial charge in [0.2, 0.25) is 0 Å². The molecule has 1 saturated heterocycles. The normalized spacial score (nSPS) is 17.2. The second kappa shape index (κ2) is 7.27. The largest absolute Gasteiger partial charge is 0.353 e. The van der Waals surface area contributed by atoms with Crippen molar-refractivity contribution < 1.29 is 9.47 Å². The first-order chi connectivity index (χ1) is 8.34. The maximum absolute atomic E-state index is 5.83. The predicted molar refractivity (Wildman–Crippen MR) is 72.5 cm³/mol. The molecule has 0 atom stereocenters. The highest BCUT2D eigenvalue weighted by Gasteiger charge is 2.13. The minimum Gasteiger partial charge on any atom is -0.353 e. The van der Waals surface area contributed by atoms with Gasteiger partial charge in [0, 0.05) is 17.2 Å². The minimum atomic E-state index is 0.0152. The van der Waals surface area contributed by atoms with Crippen molar-refractivity contribution >= 4 is 23.4 Å². The molecule has 1 aromatic carbocycles. The number of hydrogen-bond donors (Lipinski definition) is 0. The van der Waals surface area contributed by atoms with Crippen LogP contribution in [0.15, 0.2) is 24.3 Å². The van der Waals surface area contributed by atoms with E-state index >= 15 is 0 Å². The maximum Gasteiger partial charge on any atom is 0.158 e. The summed E-state index contributed by atoms with van der Waals surface area (Å²) in [7, 11) is 0. The zero-order valence-corrected chi connectivity index (χ0v) is 11.3. The van der Waals surface area contributed by atoms with E-state index in [4.69, 9.17) is 21.1 Å². The van der Waals surface area contributed by atoms with Crippen LogP contribution < -0.4 is 0 Å². The third-order valence-electron chi connectivity index (χ3n) is 2.58. The molecule has 1 aliphatic heterocycles. The molecule has 4 heteroatoms. The van der Waals surface area contributed by atoms with Gasteiger partial charge in [0.05, 0.1) is 13.2 Å². The average molecular weight is 273 g/mol. The Kier molecular flexibility index (Phi) is 5.65. The van der Waals surface area contributed by atoms with Gasteiger partial charge in [0.15, 0.2) is 6.29 Å². The molecule has 1 aliphatic rings. The van der Waals surface area contributed by atoms with Gasteiger partial charge in [-0.1, -0.05) is 23.7 Å². The fourth-order valence-electron chi connectivity index (χ4n) is 1.65. The summed E-state index contributed by atoms with van der Waals surface area (Å²) in [5.74, 6) is 2.08. The molecule has 1 aromatic rings. The Labute approximate surface area is 112 Å². The maximum atomic E-state index is 5.83. The Morgan fingerprint density at radius 2 is 1.88 bits per heavy atom. The molecule has 17 heavy (non-hydrogen) atoms. The van der Waals surface area contributed by atoms with Crippen LogP contribution in [0.2, 0.25) is 5.02 Å². The summed E-state index contributed by atoms with van der Waals surface area (Å²) in [5.41, 5.74) is 1.31. The summed E-state index contributed by atoms with van der Waals surface area (Å²) < 4.78 is 11.0. The van der Waals surface area contributed by atoms with E-state index in [2.05, 4.69) is 12.1 Å². The summed E-state index contributed by atoms with van der Waals surface area (Å²) in [4.78, 5) is 0. The molecule has 0 aromatic heterocycles. The smallest absolute Gasteiger partial charge is 0.158 e. The van der Waals surface area contributed by atoms with Crippen LogP contribution in [-0.2, 0) is 15.2 Å². The van der Waals surface area contributed by atoms with E-state index in [9.17, 15) is 0 Å². The van der Waals surface area contributed by atoms with Crippen LogP contribution in [0.4, 0.5) is 0 Å². The van der Waals surface area contributed by atoms with Gasteiger partial charge in [-0.25, -0.2) is 0 Å². The van der Waals surface area contributed by atoms with E-state index in [0.717, 1.165) is 42.6 Å². The second-order valence-corrected chi connectivity index (χ2v) is 5.53. The number of hydrogen-bond acceptors (Lipinski definition) is 3. The average Bonchev–Trinajstić information content (AvgIpc) is 2.38. The predicted octanol–water partition coefficient (Wildman–Crippen LogP) is 3.73. The van der Waals surface area contributed by atoms with Gasteiger partial charge in [-0.05, 0) is 29.9 Å². The summed E-state index contributed by atoms with van der Waals surface area (Å²) in [5, 5.41) is 0.794. The van der Waals surface area contributed by atoms with E-state index < -0.39 is 0 Å². The highest BCUT2D eigenvalue weighted by atomic mass is 35.5. The van der Waals surface area contributed by atoms with Crippen molar-refractivity contribution in [3.63, 3.8) is 0 Å². The van der Waals surface area contributed by atoms with Crippen LogP contribution in [0.1, 0.15) is 18.4 Å². The van der Waals surface area contributed by atoms with E-state index in [1.807, 2.05) is 23.9 Å². The van der Waals surface area contributed by atoms with Gasteiger partial charge >= 0.3 is 0 Å². The number of rotatable bonds is 5. The lowest BCUT2D eigenvalue weighted by molar-refractivity contribution is -0.178. The molecule has 1 fully saturated rings. The first-order valence-corrected chi connectivity index (χ1v) is 7.43. The molecular formula is C13H17ClO2S. The van der Waals surface area contributed by atoms with Crippen LogP contribution in [0.25, 0.3) is 0 Å². The minimum absolute atomic E-state index is 0.0152. The Morgan fingerprint density at radius 3 is 2.59 bits per heavy atom. The molecule has 0 saturated carbocycles. The fourth-order valence-corrected chi connectivity index (χ4v) is 2.71. The molecule has 0 spiro atoms. The van der Waals surface area contributed by atoms with Crippen molar-refractivity contribution in [1.29, 1.82) is 0 Å². The Balaban J connectivity index is 1.60. The van der Waals surface area contributed by atoms with Gasteiger partial charge in [0.25, 0.3) is 0 Å². The lowest BCUT2D eigenvalue weighted by Gasteiger charge is -2.22. The topological polar surface area (TPSA) is 18.5 Å². The van der Waals surface area contributed by atoms with E-state index in [1.165, 1.54) is 5.56 Å². The van der Waals surface area contributed by atoms with Crippen molar-refractivity contribution in [1.82, 2.24) is 0 Å². The zero-order chi connectivity index (χ0) is 11.9. The number of thioether (sulfide) groups is 1. The number of ether oxygens (including phenoxy) is 2. The van der Waals surface area contributed by atoms with Crippen LogP contribution in [0.5, 0.6) is 0 Å². The highest BCUT2D eigenvalue weighted by Crippen LogP contribution is 2.18. The van der Waals surface area contributed by atoms with Crippen LogP contribution in [0, 0.1) is 0 Å². The molecule has 0 aliphatic carbocycles. The van der Waals surface area contributed by atoms with Crippen molar-refractivity contribution in [2.45, 2.75) is 24.9 Å². The highest BCUT2D eigenvalue weighted by molar-refractivity contribution is 7.98. The summed E-state index contributed by atoms with van der Waals surface area (Å²) >= 11 is 7.74. The van der Waals surface area contributed by atoms with Gasteiger partial charge in [-0.2, -0.15) is 11.8 Å². The van der Waals surface area contributed by atoms with Gasteiger partial charge < -0.3 is 9.47 Å². The van der Waals surface area contributed by atoms with Crippen molar-refractivity contribution in [2.75, 3.05) is 19.0 Å². The summed E-state index contributed by atoms with van der Waals surface area (Å²) in [6.07, 6.45) is 2.01. The Hall–Kier alpha value is -0.220. The van der Waals surface area contributed by atoms with E-state index in [-0.39, 0.29) is 6.29 Å². The molecular weight excluding hydrogens is 256 g/mol. The second-order valence-electron chi connectivity index (χ2n) is 3.99. The first-order valence-electron chi connectivity index (χ1n) is 5.90. The van der Waals surface area contributed by atoms with E-state index in [0.29, 0.717) is 0 Å². The van der Waals surface area contributed by atoms with E-state index in [1.54, 1.807) is 0 Å². The van der Waals surface area contributed by atoms with Gasteiger partial charge in [-0.15, -0.1) is 0 Å². The van der Waals surface area contributed by atoms with Gasteiger partial charge in [0.1, 0.15) is 0 Å². The Bertz CT molecular complexity index is 323. The van der Waals surface area contributed by atoms with Gasteiger partial charge in [-0.3, -0.25) is 0 Å². The monoisotopic (exact) mass is 272 g/mol. The quantitative estimate of drug-likeness (QED) is 0.761. The molecule has 0 amide bonds. The summed E-state index contributed by atoms with van der Waals surface area (Å²) in [6, 6.07) is 8.02. The van der Waals surface area contributed by atoms with Crippen molar-refractivity contribution in [2.24, 2.45) is 0 Å². The molecule has 0 unspecified atom stereocenters. The van der Waals surface area contributed by atoms with Crippen LogP contribution in [0.3, 0.4) is 0 Å². The summed E-state index contributed by atoms with van der Waals surface area (Å²) in [6.45, 7) is 1.68.